The lowest BCUT2D eigenvalue weighted by atomic mass is 10.2. The summed E-state index contributed by atoms with van der Waals surface area (Å²) >= 11 is 13.2. The first-order valence-electron chi connectivity index (χ1n) is 5.69. The summed E-state index contributed by atoms with van der Waals surface area (Å²) in [6.45, 7) is 5.21. The van der Waals surface area contributed by atoms with Crippen LogP contribution in [0.15, 0.2) is 0 Å². The monoisotopic (exact) mass is 331 g/mol. The second-order valence-corrected chi connectivity index (χ2v) is 7.07. The van der Waals surface area contributed by atoms with Gasteiger partial charge in [-0.15, -0.1) is 11.3 Å². The lowest BCUT2D eigenvalue weighted by molar-refractivity contribution is -0.155. The molecule has 0 aromatic carbocycles. The number of hydrogen-bond acceptors (Lipinski definition) is 5. The molecule has 20 heavy (non-hydrogen) atoms. The smallest absolute Gasteiger partial charge is 0.328 e. The van der Waals surface area contributed by atoms with Gasteiger partial charge in [-0.3, -0.25) is 4.79 Å². The number of fused-ring (bicyclic) bond motifs is 1. The van der Waals surface area contributed by atoms with Crippen molar-refractivity contribution in [3.63, 3.8) is 0 Å². The number of halogens is 2. The molecule has 0 spiro atoms. The first-order chi connectivity index (χ1) is 9.23. The highest BCUT2D eigenvalue weighted by Crippen LogP contribution is 2.40. The van der Waals surface area contributed by atoms with Crippen molar-refractivity contribution in [1.82, 2.24) is 9.78 Å². The molecule has 0 radical (unpaired) electrons. The van der Waals surface area contributed by atoms with E-state index in [4.69, 9.17) is 33.2 Å². The van der Waals surface area contributed by atoms with Crippen molar-refractivity contribution < 1.29 is 9.53 Å². The van der Waals surface area contributed by atoms with Gasteiger partial charge >= 0.3 is 5.97 Å². The maximum atomic E-state index is 11.8. The Balaban J connectivity index is 2.40. The molecule has 0 aliphatic rings. The Morgan fingerprint density at radius 2 is 2.15 bits per heavy atom. The number of ether oxygens (including phenoxy) is 1. The number of carbonyl (C=O) groups excluding carboxylic acids is 1. The van der Waals surface area contributed by atoms with Crippen molar-refractivity contribution in [3.05, 3.63) is 15.1 Å². The summed E-state index contributed by atoms with van der Waals surface area (Å²) in [7, 11) is 0. The van der Waals surface area contributed by atoms with Crippen LogP contribution in [0.3, 0.4) is 0 Å². The third-order valence-corrected chi connectivity index (χ3v) is 4.26. The van der Waals surface area contributed by atoms with Crippen LogP contribution >= 0.6 is 34.5 Å². The van der Waals surface area contributed by atoms with E-state index in [0.717, 1.165) is 0 Å². The van der Waals surface area contributed by atoms with Gasteiger partial charge in [-0.2, -0.15) is 10.4 Å². The molecular formula is C12H11Cl2N3O2S. The number of hydrogen-bond donors (Lipinski definition) is 0. The highest BCUT2D eigenvalue weighted by Gasteiger charge is 2.23. The molecular weight excluding hydrogens is 321 g/mol. The standard InChI is InChI=1S/C12H11Cl2N3O2S/c1-12(2,3)19-7(18)5-17-9-8(13)11(14)20-10(9)6(4-15)16-17/h5H2,1-3H3. The molecule has 0 atom stereocenters. The van der Waals surface area contributed by atoms with Crippen molar-refractivity contribution in [3.8, 4) is 6.07 Å². The molecule has 0 fully saturated rings. The highest BCUT2D eigenvalue weighted by molar-refractivity contribution is 7.23. The van der Waals surface area contributed by atoms with Gasteiger partial charge in [-0.25, -0.2) is 4.68 Å². The normalized spacial score (nSPS) is 11.6. The second kappa shape index (κ2) is 5.24. The van der Waals surface area contributed by atoms with Crippen molar-refractivity contribution in [2.24, 2.45) is 0 Å². The van der Waals surface area contributed by atoms with Gasteiger partial charge in [-0.05, 0) is 20.8 Å². The van der Waals surface area contributed by atoms with Crippen LogP contribution in [0.1, 0.15) is 26.5 Å². The van der Waals surface area contributed by atoms with E-state index in [1.807, 2.05) is 6.07 Å². The van der Waals surface area contributed by atoms with Crippen molar-refractivity contribution in [2.45, 2.75) is 32.9 Å². The topological polar surface area (TPSA) is 67.9 Å². The van der Waals surface area contributed by atoms with Crippen LogP contribution < -0.4 is 0 Å². The van der Waals surface area contributed by atoms with Gasteiger partial charge in [0.2, 0.25) is 0 Å². The molecule has 5 nitrogen and oxygen atoms in total. The Labute approximate surface area is 129 Å². The summed E-state index contributed by atoms with van der Waals surface area (Å²) in [6.07, 6.45) is 0. The molecule has 0 saturated heterocycles. The predicted octanol–water partition coefficient (Wildman–Crippen LogP) is 3.62. The van der Waals surface area contributed by atoms with E-state index in [2.05, 4.69) is 5.10 Å². The Morgan fingerprint density at radius 3 is 2.70 bits per heavy atom. The molecule has 0 bridgehead atoms. The average Bonchev–Trinajstić information content (AvgIpc) is 2.76. The maximum Gasteiger partial charge on any atom is 0.328 e. The molecule has 8 heteroatoms. The minimum Gasteiger partial charge on any atom is -0.459 e. The van der Waals surface area contributed by atoms with Crippen molar-refractivity contribution >= 4 is 50.7 Å². The number of carbonyl (C=O) groups is 1. The third-order valence-electron chi connectivity index (χ3n) is 2.29. The zero-order valence-corrected chi connectivity index (χ0v) is 13.4. The number of thiophene rings is 1. The van der Waals surface area contributed by atoms with E-state index in [1.165, 1.54) is 16.0 Å². The molecule has 0 unspecified atom stereocenters. The van der Waals surface area contributed by atoms with Crippen LogP contribution in [0.2, 0.25) is 9.36 Å². The summed E-state index contributed by atoms with van der Waals surface area (Å²) in [5.74, 6) is -0.454. The molecule has 2 rings (SSSR count). The first kappa shape index (κ1) is 15.1. The van der Waals surface area contributed by atoms with E-state index >= 15 is 0 Å². The molecule has 2 aromatic heterocycles. The number of aromatic nitrogens is 2. The molecule has 0 saturated carbocycles. The van der Waals surface area contributed by atoms with Crippen LogP contribution in [0.25, 0.3) is 10.2 Å². The van der Waals surface area contributed by atoms with E-state index in [9.17, 15) is 4.79 Å². The third kappa shape index (κ3) is 2.90. The molecule has 0 N–H and O–H groups in total. The first-order valence-corrected chi connectivity index (χ1v) is 7.26. The van der Waals surface area contributed by atoms with Gasteiger partial charge in [0, 0.05) is 0 Å². The molecule has 2 heterocycles. The summed E-state index contributed by atoms with van der Waals surface area (Å²) in [4.78, 5) is 11.8. The van der Waals surface area contributed by atoms with Crippen LogP contribution in [-0.4, -0.2) is 21.4 Å². The van der Waals surface area contributed by atoms with E-state index in [0.29, 0.717) is 19.6 Å². The Morgan fingerprint density at radius 1 is 1.50 bits per heavy atom. The average molecular weight is 332 g/mol. The second-order valence-electron chi connectivity index (χ2n) is 5.07. The zero-order valence-electron chi connectivity index (χ0n) is 11.0. The number of nitriles is 1. The number of esters is 1. The highest BCUT2D eigenvalue weighted by atomic mass is 35.5. The summed E-state index contributed by atoms with van der Waals surface area (Å²) < 4.78 is 7.52. The van der Waals surface area contributed by atoms with Gasteiger partial charge in [0.15, 0.2) is 5.69 Å². The number of nitrogens with zero attached hydrogens (tertiary/aromatic N) is 3. The van der Waals surface area contributed by atoms with Gasteiger partial charge in [-0.1, -0.05) is 23.2 Å². The lowest BCUT2D eigenvalue weighted by Gasteiger charge is -2.19. The zero-order chi connectivity index (χ0) is 15.1. The fourth-order valence-electron chi connectivity index (χ4n) is 1.67. The molecule has 2 aromatic rings. The summed E-state index contributed by atoms with van der Waals surface area (Å²) in [6, 6.07) is 1.96. The summed E-state index contributed by atoms with van der Waals surface area (Å²) in [5.41, 5.74) is 0.101. The van der Waals surface area contributed by atoms with Crippen LogP contribution in [0, 0.1) is 11.3 Å². The Kier molecular flexibility index (Phi) is 3.96. The fraction of sp³-hybridized carbons (Fsp3) is 0.417. The van der Waals surface area contributed by atoms with E-state index in [-0.39, 0.29) is 12.2 Å². The molecule has 0 amide bonds. The van der Waals surface area contributed by atoms with Gasteiger partial charge in [0.1, 0.15) is 28.1 Å². The van der Waals surface area contributed by atoms with Gasteiger partial charge in [0.05, 0.1) is 9.72 Å². The van der Waals surface area contributed by atoms with Crippen LogP contribution in [0.4, 0.5) is 0 Å². The van der Waals surface area contributed by atoms with E-state index in [1.54, 1.807) is 20.8 Å². The predicted molar refractivity (Wildman–Crippen MR) is 78.2 cm³/mol. The minimum absolute atomic E-state index is 0.123. The number of rotatable bonds is 2. The largest absolute Gasteiger partial charge is 0.459 e. The summed E-state index contributed by atoms with van der Waals surface area (Å²) in [5, 5.41) is 13.4. The Hall–Kier alpha value is -1.29. The Bertz CT molecular complexity index is 722. The van der Waals surface area contributed by atoms with Crippen LogP contribution in [-0.2, 0) is 16.1 Å². The van der Waals surface area contributed by atoms with E-state index < -0.39 is 11.6 Å². The van der Waals surface area contributed by atoms with Gasteiger partial charge in [0.25, 0.3) is 0 Å². The molecule has 0 aliphatic carbocycles. The maximum absolute atomic E-state index is 11.8. The van der Waals surface area contributed by atoms with Crippen molar-refractivity contribution in [1.29, 1.82) is 5.26 Å². The van der Waals surface area contributed by atoms with Crippen molar-refractivity contribution in [2.75, 3.05) is 0 Å². The molecule has 106 valence electrons. The quantitative estimate of drug-likeness (QED) is 0.788. The van der Waals surface area contributed by atoms with Gasteiger partial charge < -0.3 is 4.74 Å². The van der Waals surface area contributed by atoms with Crippen LogP contribution in [0.5, 0.6) is 0 Å². The molecule has 0 aliphatic heterocycles. The minimum atomic E-state index is -0.586. The SMILES string of the molecule is CC(C)(C)OC(=O)Cn1nc(C#N)c2sc(Cl)c(Cl)c21. The fourth-order valence-corrected chi connectivity index (χ4v) is 3.20. The lowest BCUT2D eigenvalue weighted by Crippen LogP contribution is -2.26.